The molecule has 0 bridgehead atoms. The maximum Gasteiger partial charge on any atom is 0.283 e. The number of ether oxygens (including phenoxy) is 1. The lowest BCUT2D eigenvalue weighted by Gasteiger charge is -2.46. The quantitative estimate of drug-likeness (QED) is 0.265. The first-order valence-electron chi connectivity index (χ1n) is 16.2. The third-order valence-electron chi connectivity index (χ3n) is 9.42. The van der Waals surface area contributed by atoms with Gasteiger partial charge in [0.25, 0.3) is 11.5 Å². The van der Waals surface area contributed by atoms with Crippen LogP contribution in [0.4, 0.5) is 10.1 Å². The summed E-state index contributed by atoms with van der Waals surface area (Å²) in [6, 6.07) is 7.32. The second-order valence-electron chi connectivity index (χ2n) is 13.7. The first kappa shape index (κ1) is 32.5. The summed E-state index contributed by atoms with van der Waals surface area (Å²) < 4.78 is 23.1. The zero-order valence-corrected chi connectivity index (χ0v) is 27.8. The Morgan fingerprint density at radius 1 is 1.14 bits per heavy atom. The SMILES string of the molecule is C[C@H]1CN(C2COC2)CCN1c1cncc(-c2nn(-c3ccnc(-n4ncc5cc(C(C)(C)C)cc(F)c5c4=O)c3CO)cc2C(N)=O)c1. The van der Waals surface area contributed by atoms with Crippen molar-refractivity contribution in [3.63, 3.8) is 0 Å². The number of aromatic nitrogens is 6. The molecule has 5 aromatic rings. The summed E-state index contributed by atoms with van der Waals surface area (Å²) >= 11 is 0. The minimum absolute atomic E-state index is 0.00544. The van der Waals surface area contributed by atoms with Gasteiger partial charge in [0.05, 0.1) is 60.6 Å². The fourth-order valence-electron chi connectivity index (χ4n) is 6.58. The standard InChI is InChI=1S/C35H38FN9O4/c1-20-15-42(25-18-49-19-25)7-8-43(20)24-10-22(12-38-14-24)31-26(32(37)47)16-44(41-31)29-5-6-39-33(27(29)17-46)45-34(48)30-21(13-40-45)9-23(11-28(30)36)35(2,3)4/h5-6,9-14,16,20,25,46H,7-8,15,17-19H2,1-4H3,(H2,37,47)/t20-/m0/s1. The van der Waals surface area contributed by atoms with Gasteiger partial charge in [0.15, 0.2) is 5.82 Å². The fourth-order valence-corrected chi connectivity index (χ4v) is 6.58. The van der Waals surface area contributed by atoms with Crippen LogP contribution in [0, 0.1) is 5.82 Å². The summed E-state index contributed by atoms with van der Waals surface area (Å²) in [4.78, 5) is 39.9. The number of aliphatic hydroxyl groups excluding tert-OH is 1. The van der Waals surface area contributed by atoms with E-state index in [0.29, 0.717) is 28.4 Å². The number of pyridine rings is 2. The van der Waals surface area contributed by atoms with Gasteiger partial charge in [-0.15, -0.1) is 0 Å². The predicted octanol–water partition coefficient (Wildman–Crippen LogP) is 2.97. The van der Waals surface area contributed by atoms with Crippen LogP contribution in [0.3, 0.4) is 0 Å². The average Bonchev–Trinajstić information content (AvgIpc) is 3.49. The molecule has 2 fully saturated rings. The number of amides is 1. The van der Waals surface area contributed by atoms with Crippen LogP contribution in [0.25, 0.3) is 33.5 Å². The van der Waals surface area contributed by atoms with E-state index in [-0.39, 0.29) is 33.8 Å². The van der Waals surface area contributed by atoms with Gasteiger partial charge in [-0.2, -0.15) is 14.9 Å². The first-order chi connectivity index (χ1) is 23.4. The number of carbonyl (C=O) groups is 1. The van der Waals surface area contributed by atoms with Gasteiger partial charge in [-0.25, -0.2) is 14.1 Å². The average molecular weight is 668 g/mol. The Labute approximate surface area is 281 Å². The normalized spacial score (nSPS) is 17.4. The minimum atomic E-state index is -0.729. The molecule has 2 saturated heterocycles. The molecule has 0 spiro atoms. The number of primary amides is 1. The van der Waals surface area contributed by atoms with Crippen molar-refractivity contribution in [2.24, 2.45) is 5.73 Å². The van der Waals surface area contributed by atoms with E-state index in [4.69, 9.17) is 15.6 Å². The van der Waals surface area contributed by atoms with Crippen molar-refractivity contribution < 1.29 is 19.0 Å². The smallest absolute Gasteiger partial charge is 0.283 e. The van der Waals surface area contributed by atoms with E-state index in [1.165, 1.54) is 29.3 Å². The summed E-state index contributed by atoms with van der Waals surface area (Å²) in [6.45, 7) is 11.6. The summed E-state index contributed by atoms with van der Waals surface area (Å²) in [6.07, 6.45) is 7.71. The summed E-state index contributed by atoms with van der Waals surface area (Å²) in [5.41, 5.74) is 7.93. The highest BCUT2D eigenvalue weighted by Crippen LogP contribution is 2.31. The molecular weight excluding hydrogens is 629 g/mol. The van der Waals surface area contributed by atoms with Crippen LogP contribution in [0.5, 0.6) is 0 Å². The van der Waals surface area contributed by atoms with Crippen LogP contribution in [0.2, 0.25) is 0 Å². The van der Waals surface area contributed by atoms with Crippen molar-refractivity contribution in [3.05, 3.63) is 88.1 Å². The summed E-state index contributed by atoms with van der Waals surface area (Å²) in [7, 11) is 0. The largest absolute Gasteiger partial charge is 0.391 e. The van der Waals surface area contributed by atoms with Crippen LogP contribution in [-0.4, -0.2) is 90.4 Å². The van der Waals surface area contributed by atoms with Gasteiger partial charge in [-0.3, -0.25) is 19.5 Å². The molecule has 0 aliphatic carbocycles. The fraction of sp³-hybridized carbons (Fsp3) is 0.371. The Morgan fingerprint density at radius 3 is 2.61 bits per heavy atom. The monoisotopic (exact) mass is 667 g/mol. The zero-order chi connectivity index (χ0) is 34.6. The zero-order valence-electron chi connectivity index (χ0n) is 27.8. The number of nitrogens with zero attached hydrogens (tertiary/aromatic N) is 8. The van der Waals surface area contributed by atoms with E-state index >= 15 is 4.39 Å². The maximum atomic E-state index is 15.4. The van der Waals surface area contributed by atoms with E-state index in [1.807, 2.05) is 26.8 Å². The molecule has 0 radical (unpaired) electrons. The van der Waals surface area contributed by atoms with Gasteiger partial charge in [0, 0.05) is 60.8 Å². The Hall–Kier alpha value is -5.05. The van der Waals surface area contributed by atoms with Crippen LogP contribution in [0.1, 0.15) is 49.2 Å². The molecule has 14 heteroatoms. The van der Waals surface area contributed by atoms with Crippen LogP contribution in [0.15, 0.2) is 60.0 Å². The highest BCUT2D eigenvalue weighted by atomic mass is 19.1. The number of fused-ring (bicyclic) bond motifs is 1. The second-order valence-corrected chi connectivity index (χ2v) is 13.7. The molecule has 0 unspecified atom stereocenters. The minimum Gasteiger partial charge on any atom is -0.391 e. The molecule has 6 heterocycles. The Morgan fingerprint density at radius 2 is 1.94 bits per heavy atom. The van der Waals surface area contributed by atoms with E-state index < -0.39 is 23.9 Å². The Kier molecular flexibility index (Phi) is 8.25. The number of rotatable bonds is 7. The highest BCUT2D eigenvalue weighted by molar-refractivity contribution is 5.99. The van der Waals surface area contributed by atoms with Gasteiger partial charge in [-0.05, 0) is 42.2 Å². The number of anilines is 1. The number of hydrogen-bond acceptors (Lipinski definition) is 10. The lowest BCUT2D eigenvalue weighted by atomic mass is 9.86. The molecule has 2 aliphatic heterocycles. The molecular formula is C35H38FN9O4. The second kappa shape index (κ2) is 12.4. The molecule has 254 valence electrons. The number of halogens is 1. The van der Waals surface area contributed by atoms with E-state index in [1.54, 1.807) is 24.5 Å². The number of benzene rings is 1. The van der Waals surface area contributed by atoms with Crippen molar-refractivity contribution >= 4 is 22.4 Å². The molecule has 0 saturated carbocycles. The number of aliphatic hydroxyl groups is 1. The Balaban J connectivity index is 1.26. The molecule has 13 nitrogen and oxygen atoms in total. The third-order valence-corrected chi connectivity index (χ3v) is 9.42. The molecule has 4 aromatic heterocycles. The van der Waals surface area contributed by atoms with E-state index in [2.05, 4.69) is 31.8 Å². The number of piperazine rings is 1. The summed E-state index contributed by atoms with van der Waals surface area (Å²) in [5, 5.41) is 19.8. The predicted molar refractivity (Wildman–Crippen MR) is 182 cm³/mol. The molecule has 1 amide bonds. The summed E-state index contributed by atoms with van der Waals surface area (Å²) in [5.74, 6) is -1.38. The highest BCUT2D eigenvalue weighted by Gasteiger charge is 2.32. The Bertz CT molecular complexity index is 2140. The number of hydrogen-bond donors (Lipinski definition) is 2. The van der Waals surface area contributed by atoms with Gasteiger partial charge >= 0.3 is 0 Å². The van der Waals surface area contributed by atoms with Crippen molar-refractivity contribution in [1.82, 2.24) is 34.4 Å². The lowest BCUT2D eigenvalue weighted by Crippen LogP contribution is -2.59. The molecule has 49 heavy (non-hydrogen) atoms. The number of carbonyl (C=O) groups excluding carboxylic acids is 1. The molecule has 2 aliphatic rings. The van der Waals surface area contributed by atoms with Gasteiger partial charge in [0.1, 0.15) is 11.5 Å². The molecule has 1 aromatic carbocycles. The molecule has 7 rings (SSSR count). The first-order valence-corrected chi connectivity index (χ1v) is 16.2. The third kappa shape index (κ3) is 5.85. The molecule has 3 N–H and O–H groups in total. The van der Waals surface area contributed by atoms with Crippen molar-refractivity contribution in [2.45, 2.75) is 51.8 Å². The van der Waals surface area contributed by atoms with Gasteiger partial charge in [-0.1, -0.05) is 20.8 Å². The van der Waals surface area contributed by atoms with Crippen molar-refractivity contribution in [3.8, 4) is 22.8 Å². The molecule has 1 atom stereocenters. The van der Waals surface area contributed by atoms with Gasteiger partial charge < -0.3 is 20.5 Å². The van der Waals surface area contributed by atoms with Crippen LogP contribution >= 0.6 is 0 Å². The maximum absolute atomic E-state index is 15.4. The topological polar surface area (TPSA) is 158 Å². The van der Waals surface area contributed by atoms with Crippen molar-refractivity contribution in [2.75, 3.05) is 37.7 Å². The van der Waals surface area contributed by atoms with Crippen LogP contribution in [-0.2, 0) is 16.8 Å². The van der Waals surface area contributed by atoms with Crippen LogP contribution < -0.4 is 16.2 Å². The lowest BCUT2D eigenvalue weighted by molar-refractivity contribution is -0.0691. The van der Waals surface area contributed by atoms with E-state index in [0.717, 1.165) is 48.8 Å². The van der Waals surface area contributed by atoms with Crippen molar-refractivity contribution in [1.29, 1.82) is 0 Å². The number of nitrogens with two attached hydrogens (primary N) is 1. The van der Waals surface area contributed by atoms with Gasteiger partial charge in [0.2, 0.25) is 0 Å². The van der Waals surface area contributed by atoms with E-state index in [9.17, 15) is 14.7 Å².